The van der Waals surface area contributed by atoms with Crippen LogP contribution in [0.5, 0.6) is 0 Å². The maximum atomic E-state index is 2.33. The Morgan fingerprint density at radius 3 is 1.91 bits per heavy atom. The summed E-state index contributed by atoms with van der Waals surface area (Å²) in [7, 11) is 4.33. The lowest BCUT2D eigenvalue weighted by Gasteiger charge is -2.38. The highest BCUT2D eigenvalue weighted by atomic mass is 15.1. The molecule has 11 heavy (non-hydrogen) atoms. The van der Waals surface area contributed by atoms with E-state index in [-0.39, 0.29) is 0 Å². The van der Waals surface area contributed by atoms with Gasteiger partial charge in [0, 0.05) is 5.54 Å². The van der Waals surface area contributed by atoms with Crippen LogP contribution in [0, 0.1) is 6.42 Å². The molecule has 0 aliphatic rings. The molecule has 1 radical (unpaired) electrons. The van der Waals surface area contributed by atoms with Gasteiger partial charge in [0.25, 0.3) is 0 Å². The van der Waals surface area contributed by atoms with E-state index in [1.165, 1.54) is 19.3 Å². The first-order valence-corrected chi connectivity index (χ1v) is 4.61. The molecule has 0 saturated heterocycles. The zero-order valence-corrected chi connectivity index (χ0v) is 8.65. The average molecular weight is 156 g/mol. The number of rotatable bonds is 5. The van der Waals surface area contributed by atoms with E-state index in [4.69, 9.17) is 0 Å². The molecule has 0 bridgehead atoms. The minimum atomic E-state index is 0.342. The summed E-state index contributed by atoms with van der Waals surface area (Å²) in [5.41, 5.74) is 0.342. The zero-order chi connectivity index (χ0) is 8.91. The third-order valence-electron chi connectivity index (χ3n) is 2.72. The first kappa shape index (κ1) is 11.0. The van der Waals surface area contributed by atoms with Gasteiger partial charge in [0.1, 0.15) is 0 Å². The van der Waals surface area contributed by atoms with Gasteiger partial charge in [-0.1, -0.05) is 27.2 Å². The first-order valence-electron chi connectivity index (χ1n) is 4.61. The topological polar surface area (TPSA) is 3.24 Å². The van der Waals surface area contributed by atoms with E-state index >= 15 is 0 Å². The predicted octanol–water partition coefficient (Wildman–Crippen LogP) is 2.72. The van der Waals surface area contributed by atoms with Crippen molar-refractivity contribution in [2.45, 2.75) is 45.6 Å². The van der Waals surface area contributed by atoms with Crippen LogP contribution < -0.4 is 0 Å². The van der Waals surface area contributed by atoms with Gasteiger partial charge in [-0.2, -0.15) is 0 Å². The smallest absolute Gasteiger partial charge is 0.0229 e. The summed E-state index contributed by atoms with van der Waals surface area (Å²) in [6, 6.07) is 0. The van der Waals surface area contributed by atoms with Gasteiger partial charge in [0.15, 0.2) is 0 Å². The summed E-state index contributed by atoms with van der Waals surface area (Å²) in [5, 5.41) is 0. The Bertz CT molecular complexity index is 93.0. The van der Waals surface area contributed by atoms with E-state index in [1.54, 1.807) is 0 Å². The summed E-state index contributed by atoms with van der Waals surface area (Å²) in [6.07, 6.45) is 6.07. The number of hydrogen-bond acceptors (Lipinski definition) is 1. The molecule has 0 heterocycles. The third-order valence-corrected chi connectivity index (χ3v) is 2.72. The van der Waals surface area contributed by atoms with Crippen LogP contribution in [0.25, 0.3) is 0 Å². The predicted molar refractivity (Wildman–Crippen MR) is 51.6 cm³/mol. The SMILES string of the molecule is C[CH]C(CC)(CCC)N(C)C. The second-order valence-electron chi connectivity index (χ2n) is 3.39. The normalized spacial score (nSPS) is 12.5. The largest absolute Gasteiger partial charge is 0.303 e. The molecule has 0 spiro atoms. The Kier molecular flexibility index (Phi) is 4.74. The van der Waals surface area contributed by atoms with Gasteiger partial charge in [-0.05, 0) is 33.4 Å². The molecular weight excluding hydrogens is 134 g/mol. The van der Waals surface area contributed by atoms with Crippen molar-refractivity contribution in [1.29, 1.82) is 0 Å². The maximum Gasteiger partial charge on any atom is 0.0229 e. The van der Waals surface area contributed by atoms with Gasteiger partial charge in [-0.3, -0.25) is 0 Å². The highest BCUT2D eigenvalue weighted by Gasteiger charge is 2.26. The molecule has 0 fully saturated rings. The van der Waals surface area contributed by atoms with Gasteiger partial charge < -0.3 is 4.90 Å². The van der Waals surface area contributed by atoms with Crippen molar-refractivity contribution in [3.8, 4) is 0 Å². The van der Waals surface area contributed by atoms with E-state index < -0.39 is 0 Å². The van der Waals surface area contributed by atoms with Crippen LogP contribution in [-0.2, 0) is 0 Å². The monoisotopic (exact) mass is 156 g/mol. The number of hydrogen-bond donors (Lipinski definition) is 0. The highest BCUT2D eigenvalue weighted by molar-refractivity contribution is 4.96. The van der Waals surface area contributed by atoms with Crippen LogP contribution >= 0.6 is 0 Å². The fourth-order valence-electron chi connectivity index (χ4n) is 1.76. The van der Waals surface area contributed by atoms with Crippen molar-refractivity contribution in [1.82, 2.24) is 4.90 Å². The Hall–Kier alpha value is -0.0400. The van der Waals surface area contributed by atoms with Gasteiger partial charge in [0.2, 0.25) is 0 Å². The molecule has 0 aliphatic carbocycles. The van der Waals surface area contributed by atoms with Crippen molar-refractivity contribution in [3.05, 3.63) is 6.42 Å². The van der Waals surface area contributed by atoms with Gasteiger partial charge >= 0.3 is 0 Å². The standard InChI is InChI=1S/C10H22N/c1-6-9-10(7-2,8-3)11(4)5/h7H,6,8-9H2,1-5H3. The zero-order valence-electron chi connectivity index (χ0n) is 8.65. The molecule has 0 saturated carbocycles. The van der Waals surface area contributed by atoms with Crippen LogP contribution in [0.2, 0.25) is 0 Å². The quantitative estimate of drug-likeness (QED) is 0.591. The molecule has 1 atom stereocenters. The Morgan fingerprint density at radius 1 is 1.27 bits per heavy atom. The summed E-state index contributed by atoms with van der Waals surface area (Å²) in [4.78, 5) is 2.33. The Balaban J connectivity index is 4.20. The molecule has 0 N–H and O–H groups in total. The second kappa shape index (κ2) is 4.76. The minimum absolute atomic E-state index is 0.342. The van der Waals surface area contributed by atoms with Gasteiger partial charge in [0.05, 0.1) is 0 Å². The van der Waals surface area contributed by atoms with Gasteiger partial charge in [-0.25, -0.2) is 0 Å². The van der Waals surface area contributed by atoms with E-state index in [0.29, 0.717) is 5.54 Å². The molecule has 0 rings (SSSR count). The van der Waals surface area contributed by atoms with Gasteiger partial charge in [-0.15, -0.1) is 0 Å². The molecule has 0 aliphatic heterocycles. The Labute approximate surface area is 71.8 Å². The average Bonchev–Trinajstić information content (AvgIpc) is 2.00. The molecule has 0 aromatic carbocycles. The molecule has 1 nitrogen and oxygen atoms in total. The molecule has 67 valence electrons. The van der Waals surface area contributed by atoms with Crippen molar-refractivity contribution in [3.63, 3.8) is 0 Å². The van der Waals surface area contributed by atoms with Crippen molar-refractivity contribution in [2.24, 2.45) is 0 Å². The van der Waals surface area contributed by atoms with Crippen LogP contribution in [0.4, 0.5) is 0 Å². The lowest BCUT2D eigenvalue weighted by Crippen LogP contribution is -2.43. The molecule has 0 aromatic heterocycles. The molecule has 1 unspecified atom stereocenters. The molecule has 0 aromatic rings. The fourth-order valence-corrected chi connectivity index (χ4v) is 1.76. The molecule has 0 amide bonds. The van der Waals surface area contributed by atoms with E-state index in [9.17, 15) is 0 Å². The first-order chi connectivity index (χ1) is 5.13. The number of nitrogens with zero attached hydrogens (tertiary/aromatic N) is 1. The lowest BCUT2D eigenvalue weighted by molar-refractivity contribution is 0.168. The molecular formula is C10H22N. The maximum absolute atomic E-state index is 2.33. The lowest BCUT2D eigenvalue weighted by atomic mass is 9.87. The van der Waals surface area contributed by atoms with E-state index in [2.05, 4.69) is 46.2 Å². The van der Waals surface area contributed by atoms with Crippen LogP contribution in [0.3, 0.4) is 0 Å². The van der Waals surface area contributed by atoms with E-state index in [0.717, 1.165) is 0 Å². The van der Waals surface area contributed by atoms with Crippen molar-refractivity contribution >= 4 is 0 Å². The summed E-state index contributed by atoms with van der Waals surface area (Å²) < 4.78 is 0. The fraction of sp³-hybridized carbons (Fsp3) is 0.900. The van der Waals surface area contributed by atoms with Crippen LogP contribution in [-0.4, -0.2) is 24.5 Å². The highest BCUT2D eigenvalue weighted by Crippen LogP contribution is 2.25. The van der Waals surface area contributed by atoms with E-state index in [1.807, 2.05) is 0 Å². The van der Waals surface area contributed by atoms with Crippen LogP contribution in [0.15, 0.2) is 0 Å². The van der Waals surface area contributed by atoms with Crippen LogP contribution in [0.1, 0.15) is 40.0 Å². The second-order valence-corrected chi connectivity index (χ2v) is 3.39. The molecule has 1 heteroatoms. The summed E-state index contributed by atoms with van der Waals surface area (Å²) in [5.74, 6) is 0. The summed E-state index contributed by atoms with van der Waals surface area (Å²) in [6.45, 7) is 6.67. The Morgan fingerprint density at radius 2 is 1.82 bits per heavy atom. The van der Waals surface area contributed by atoms with Crippen molar-refractivity contribution < 1.29 is 0 Å². The van der Waals surface area contributed by atoms with Crippen molar-refractivity contribution in [2.75, 3.05) is 14.1 Å². The summed E-state index contributed by atoms with van der Waals surface area (Å²) >= 11 is 0. The minimum Gasteiger partial charge on any atom is -0.303 e. The third kappa shape index (κ3) is 2.48.